The third-order valence-electron chi connectivity index (χ3n) is 4.33. The van der Waals surface area contributed by atoms with Gasteiger partial charge >= 0.3 is 6.18 Å². The zero-order valence-electron chi connectivity index (χ0n) is 14.8. The molecule has 0 radical (unpaired) electrons. The van der Waals surface area contributed by atoms with E-state index in [4.69, 9.17) is 0 Å². The summed E-state index contributed by atoms with van der Waals surface area (Å²) in [4.78, 5) is 21.5. The quantitative estimate of drug-likeness (QED) is 0.767. The third-order valence-corrected chi connectivity index (χ3v) is 6.22. The summed E-state index contributed by atoms with van der Waals surface area (Å²) in [5, 5.41) is 0. The Balaban J connectivity index is 1.72. The highest BCUT2D eigenvalue weighted by atomic mass is 32.2. The fourth-order valence-corrected chi connectivity index (χ4v) is 4.25. The van der Waals surface area contributed by atoms with Gasteiger partial charge in [-0.1, -0.05) is 6.07 Å². The zero-order chi connectivity index (χ0) is 20.5. The Morgan fingerprint density at radius 1 is 1.07 bits per heavy atom. The molecule has 1 saturated heterocycles. The number of hydrogen-bond donors (Lipinski definition) is 0. The molecule has 28 heavy (non-hydrogen) atoms. The van der Waals surface area contributed by atoms with Crippen LogP contribution in [0.25, 0.3) is 0 Å². The van der Waals surface area contributed by atoms with Gasteiger partial charge in [0.1, 0.15) is 5.69 Å². The van der Waals surface area contributed by atoms with Gasteiger partial charge in [-0.15, -0.1) is 0 Å². The molecule has 1 aliphatic rings. The van der Waals surface area contributed by atoms with Gasteiger partial charge in [0.05, 0.1) is 22.3 Å². The van der Waals surface area contributed by atoms with Gasteiger partial charge in [0, 0.05) is 32.4 Å². The van der Waals surface area contributed by atoms with Crippen molar-refractivity contribution in [3.8, 4) is 0 Å². The van der Waals surface area contributed by atoms with Crippen LogP contribution in [-0.4, -0.2) is 59.7 Å². The smallest absolute Gasteiger partial charge is 0.335 e. The lowest BCUT2D eigenvalue weighted by atomic mass is 10.2. The Morgan fingerprint density at radius 3 is 2.32 bits per heavy atom. The highest BCUT2D eigenvalue weighted by molar-refractivity contribution is 7.89. The summed E-state index contributed by atoms with van der Waals surface area (Å²) in [6, 6.07) is 3.63. The normalized spacial score (nSPS) is 16.2. The maximum Gasteiger partial charge on any atom is 0.416 e. The van der Waals surface area contributed by atoms with Gasteiger partial charge in [-0.05, 0) is 25.1 Å². The number of sulfonamides is 1. The highest BCUT2D eigenvalue weighted by Crippen LogP contribution is 2.31. The molecule has 1 amide bonds. The van der Waals surface area contributed by atoms with E-state index in [0.717, 1.165) is 22.5 Å². The number of benzene rings is 1. The molecule has 0 bridgehead atoms. The largest absolute Gasteiger partial charge is 0.416 e. The molecule has 0 saturated carbocycles. The van der Waals surface area contributed by atoms with E-state index in [0.29, 0.717) is 11.8 Å². The molecule has 1 aromatic heterocycles. The van der Waals surface area contributed by atoms with Crippen molar-refractivity contribution in [2.24, 2.45) is 0 Å². The van der Waals surface area contributed by atoms with E-state index in [1.54, 1.807) is 6.92 Å². The summed E-state index contributed by atoms with van der Waals surface area (Å²) in [6.07, 6.45) is -1.82. The van der Waals surface area contributed by atoms with Gasteiger partial charge in [0.2, 0.25) is 10.0 Å². The summed E-state index contributed by atoms with van der Waals surface area (Å²) in [7, 11) is -4.10. The first-order valence-corrected chi connectivity index (χ1v) is 9.78. The third kappa shape index (κ3) is 4.14. The van der Waals surface area contributed by atoms with Crippen LogP contribution in [0, 0.1) is 6.92 Å². The van der Waals surface area contributed by atoms with Crippen LogP contribution in [0.1, 0.15) is 21.7 Å². The van der Waals surface area contributed by atoms with E-state index < -0.39 is 26.7 Å². The molecule has 1 fully saturated rings. The van der Waals surface area contributed by atoms with Crippen molar-refractivity contribution in [3.63, 3.8) is 0 Å². The molecule has 0 aliphatic carbocycles. The van der Waals surface area contributed by atoms with Crippen molar-refractivity contribution in [1.82, 2.24) is 19.2 Å². The van der Waals surface area contributed by atoms with Crippen molar-refractivity contribution in [2.45, 2.75) is 18.0 Å². The molecule has 1 aromatic carbocycles. The van der Waals surface area contributed by atoms with Crippen molar-refractivity contribution in [3.05, 3.63) is 53.6 Å². The Labute approximate surface area is 159 Å². The van der Waals surface area contributed by atoms with Crippen molar-refractivity contribution < 1.29 is 26.4 Å². The van der Waals surface area contributed by atoms with Crippen LogP contribution in [0.4, 0.5) is 13.2 Å². The number of carbonyl (C=O) groups is 1. The molecule has 2 heterocycles. The maximum absolute atomic E-state index is 12.9. The number of hydrogen-bond acceptors (Lipinski definition) is 5. The van der Waals surface area contributed by atoms with Crippen molar-refractivity contribution in [2.75, 3.05) is 26.2 Å². The number of aryl methyl sites for hydroxylation is 1. The Bertz CT molecular complexity index is 970. The van der Waals surface area contributed by atoms with Gasteiger partial charge in [-0.2, -0.15) is 17.5 Å². The summed E-state index contributed by atoms with van der Waals surface area (Å²) >= 11 is 0. The number of halogens is 3. The fraction of sp³-hybridized carbons (Fsp3) is 0.353. The lowest BCUT2D eigenvalue weighted by Gasteiger charge is -2.33. The fourth-order valence-electron chi connectivity index (χ4n) is 2.78. The molecule has 0 unspecified atom stereocenters. The topological polar surface area (TPSA) is 83.5 Å². The average molecular weight is 414 g/mol. The molecule has 0 spiro atoms. The number of rotatable bonds is 3. The lowest BCUT2D eigenvalue weighted by Crippen LogP contribution is -2.50. The molecule has 150 valence electrons. The predicted molar refractivity (Wildman–Crippen MR) is 92.9 cm³/mol. The molecule has 3 rings (SSSR count). The highest BCUT2D eigenvalue weighted by Gasteiger charge is 2.34. The van der Waals surface area contributed by atoms with Gasteiger partial charge in [-0.3, -0.25) is 9.78 Å². The summed E-state index contributed by atoms with van der Waals surface area (Å²) in [5.74, 6) is -0.372. The van der Waals surface area contributed by atoms with E-state index in [2.05, 4.69) is 9.97 Å². The monoisotopic (exact) mass is 414 g/mol. The first-order valence-electron chi connectivity index (χ1n) is 8.34. The molecule has 0 N–H and O–H groups in total. The van der Waals surface area contributed by atoms with E-state index in [-0.39, 0.29) is 37.8 Å². The molecule has 7 nitrogen and oxygen atoms in total. The second-order valence-electron chi connectivity index (χ2n) is 6.26. The van der Waals surface area contributed by atoms with Gasteiger partial charge in [0.15, 0.2) is 0 Å². The lowest BCUT2D eigenvalue weighted by molar-refractivity contribution is -0.137. The Kier molecular flexibility index (Phi) is 5.39. The number of nitrogens with zero attached hydrogens (tertiary/aromatic N) is 4. The number of alkyl halides is 3. The van der Waals surface area contributed by atoms with Crippen LogP contribution in [-0.2, 0) is 16.2 Å². The number of piperazine rings is 1. The SMILES string of the molecule is Cc1cnc(C(=O)N2CCN(S(=O)(=O)c3cccc(C(F)(F)F)c3)CC2)cn1. The van der Waals surface area contributed by atoms with Crippen LogP contribution < -0.4 is 0 Å². The summed E-state index contributed by atoms with van der Waals surface area (Å²) in [6.45, 7) is 1.89. The minimum absolute atomic E-state index is 0.0242. The Morgan fingerprint density at radius 2 is 1.75 bits per heavy atom. The van der Waals surface area contributed by atoms with Crippen LogP contribution >= 0.6 is 0 Å². The standard InChI is InChI=1S/C17H17F3N4O3S/c1-12-10-22-15(11-21-12)16(25)23-5-7-24(8-6-23)28(26,27)14-4-2-3-13(9-14)17(18,19)20/h2-4,9-11H,5-8H2,1H3. The van der Waals surface area contributed by atoms with Crippen molar-refractivity contribution >= 4 is 15.9 Å². The van der Waals surface area contributed by atoms with Gasteiger partial charge in [0.25, 0.3) is 5.91 Å². The first kappa shape index (κ1) is 20.2. The van der Waals surface area contributed by atoms with Gasteiger partial charge < -0.3 is 4.90 Å². The van der Waals surface area contributed by atoms with E-state index in [1.807, 2.05) is 0 Å². The van der Waals surface area contributed by atoms with Crippen LogP contribution in [0.15, 0.2) is 41.6 Å². The van der Waals surface area contributed by atoms with E-state index in [1.165, 1.54) is 17.3 Å². The molecular formula is C17H17F3N4O3S. The second-order valence-corrected chi connectivity index (χ2v) is 8.20. The predicted octanol–water partition coefficient (Wildman–Crippen LogP) is 1.95. The van der Waals surface area contributed by atoms with Crippen LogP contribution in [0.5, 0.6) is 0 Å². The first-order chi connectivity index (χ1) is 13.1. The molecule has 1 aliphatic heterocycles. The maximum atomic E-state index is 12.9. The molecule has 0 atom stereocenters. The zero-order valence-corrected chi connectivity index (χ0v) is 15.7. The minimum atomic E-state index is -4.63. The second kappa shape index (κ2) is 7.47. The number of amides is 1. The molecular weight excluding hydrogens is 397 g/mol. The Hall–Kier alpha value is -2.53. The number of aromatic nitrogens is 2. The van der Waals surface area contributed by atoms with Crippen LogP contribution in [0.3, 0.4) is 0 Å². The summed E-state index contributed by atoms with van der Waals surface area (Å²) in [5.41, 5.74) is -0.214. The average Bonchev–Trinajstić information content (AvgIpc) is 2.67. The van der Waals surface area contributed by atoms with Crippen molar-refractivity contribution in [1.29, 1.82) is 0 Å². The summed E-state index contributed by atoms with van der Waals surface area (Å²) < 4.78 is 65.0. The number of carbonyl (C=O) groups excluding carboxylic acids is 1. The van der Waals surface area contributed by atoms with E-state index in [9.17, 15) is 26.4 Å². The van der Waals surface area contributed by atoms with Crippen LogP contribution in [0.2, 0.25) is 0 Å². The molecule has 11 heteroatoms. The van der Waals surface area contributed by atoms with Gasteiger partial charge in [-0.25, -0.2) is 13.4 Å². The molecule has 2 aromatic rings. The minimum Gasteiger partial charge on any atom is -0.335 e. The van der Waals surface area contributed by atoms with E-state index >= 15 is 0 Å².